The standard InChI is InChI=1S/C15H13Cl/c16-13-7-9-15-12(10-13)6-8-14(15)11-4-2-1-3-5-11/h1-5,7,9-10,14H,6,8H2/t14-/m1/s1. The minimum absolute atomic E-state index is 0.563. The summed E-state index contributed by atoms with van der Waals surface area (Å²) in [5, 5.41) is 0.854. The van der Waals surface area contributed by atoms with Crippen LogP contribution in [0.5, 0.6) is 0 Å². The molecular weight excluding hydrogens is 216 g/mol. The molecular formula is C15H13Cl. The van der Waals surface area contributed by atoms with Crippen LogP contribution in [0.4, 0.5) is 0 Å². The number of fused-ring (bicyclic) bond motifs is 1. The fourth-order valence-corrected chi connectivity index (χ4v) is 2.81. The first-order valence-electron chi connectivity index (χ1n) is 5.68. The van der Waals surface area contributed by atoms with Gasteiger partial charge in [-0.05, 0) is 41.7 Å². The van der Waals surface area contributed by atoms with Crippen LogP contribution in [0.1, 0.15) is 29.0 Å². The summed E-state index contributed by atoms with van der Waals surface area (Å²) in [6.45, 7) is 0. The van der Waals surface area contributed by atoms with Gasteiger partial charge >= 0.3 is 0 Å². The van der Waals surface area contributed by atoms with Gasteiger partial charge in [-0.2, -0.15) is 0 Å². The molecule has 2 aromatic carbocycles. The maximum atomic E-state index is 6.02. The van der Waals surface area contributed by atoms with Gasteiger partial charge < -0.3 is 0 Å². The molecule has 0 saturated heterocycles. The summed E-state index contributed by atoms with van der Waals surface area (Å²) in [5.41, 5.74) is 4.29. The molecule has 2 aromatic rings. The van der Waals surface area contributed by atoms with Crippen LogP contribution in [0.3, 0.4) is 0 Å². The number of hydrogen-bond donors (Lipinski definition) is 0. The Balaban J connectivity index is 2.04. The molecule has 1 atom stereocenters. The Morgan fingerprint density at radius 2 is 1.81 bits per heavy atom. The SMILES string of the molecule is Clc1ccc2c(c1)CC[C@@H]2c1ccccc1. The van der Waals surface area contributed by atoms with E-state index in [2.05, 4.69) is 42.5 Å². The number of benzene rings is 2. The van der Waals surface area contributed by atoms with E-state index < -0.39 is 0 Å². The number of hydrogen-bond acceptors (Lipinski definition) is 0. The Hall–Kier alpha value is -1.27. The van der Waals surface area contributed by atoms with E-state index in [0.29, 0.717) is 5.92 Å². The molecule has 0 nitrogen and oxygen atoms in total. The molecule has 0 amide bonds. The lowest BCUT2D eigenvalue weighted by atomic mass is 9.93. The van der Waals surface area contributed by atoms with Crippen molar-refractivity contribution >= 4 is 11.6 Å². The summed E-state index contributed by atoms with van der Waals surface area (Å²) < 4.78 is 0. The summed E-state index contributed by atoms with van der Waals surface area (Å²) in [4.78, 5) is 0. The van der Waals surface area contributed by atoms with Crippen LogP contribution in [0.25, 0.3) is 0 Å². The van der Waals surface area contributed by atoms with Crippen LogP contribution in [0.15, 0.2) is 48.5 Å². The van der Waals surface area contributed by atoms with Gasteiger partial charge in [0.05, 0.1) is 0 Å². The molecule has 1 aliphatic rings. The predicted molar refractivity (Wildman–Crippen MR) is 68.1 cm³/mol. The van der Waals surface area contributed by atoms with Crippen molar-refractivity contribution in [2.24, 2.45) is 0 Å². The lowest BCUT2D eigenvalue weighted by Crippen LogP contribution is -1.95. The third-order valence-corrected chi connectivity index (χ3v) is 3.62. The van der Waals surface area contributed by atoms with Gasteiger partial charge in [0.2, 0.25) is 0 Å². The normalized spacial score (nSPS) is 18.4. The van der Waals surface area contributed by atoms with Crippen LogP contribution in [0, 0.1) is 0 Å². The number of aryl methyl sites for hydroxylation is 1. The molecule has 0 bridgehead atoms. The van der Waals surface area contributed by atoms with E-state index in [1.165, 1.54) is 23.1 Å². The van der Waals surface area contributed by atoms with Gasteiger partial charge in [-0.3, -0.25) is 0 Å². The van der Waals surface area contributed by atoms with Gasteiger partial charge in [0, 0.05) is 10.9 Å². The molecule has 0 heterocycles. The average molecular weight is 229 g/mol. The van der Waals surface area contributed by atoms with Crippen LogP contribution in [-0.2, 0) is 6.42 Å². The Kier molecular flexibility index (Phi) is 2.45. The smallest absolute Gasteiger partial charge is 0.0408 e. The second-order valence-electron chi connectivity index (χ2n) is 4.35. The number of halogens is 1. The van der Waals surface area contributed by atoms with Crippen molar-refractivity contribution in [3.8, 4) is 0 Å². The van der Waals surface area contributed by atoms with Crippen molar-refractivity contribution in [3.05, 3.63) is 70.2 Å². The fourth-order valence-electron chi connectivity index (χ4n) is 2.62. The minimum atomic E-state index is 0.563. The van der Waals surface area contributed by atoms with Gasteiger partial charge in [0.15, 0.2) is 0 Å². The van der Waals surface area contributed by atoms with Crippen LogP contribution >= 0.6 is 11.6 Å². The van der Waals surface area contributed by atoms with Crippen LogP contribution < -0.4 is 0 Å². The summed E-state index contributed by atoms with van der Waals surface area (Å²) in [7, 11) is 0. The van der Waals surface area contributed by atoms with Gasteiger partial charge in [-0.25, -0.2) is 0 Å². The molecule has 0 saturated carbocycles. The lowest BCUT2D eigenvalue weighted by Gasteiger charge is -2.11. The highest BCUT2D eigenvalue weighted by atomic mass is 35.5. The summed E-state index contributed by atoms with van der Waals surface area (Å²) in [6.07, 6.45) is 2.36. The minimum Gasteiger partial charge on any atom is -0.0843 e. The average Bonchev–Trinajstić information content (AvgIpc) is 2.73. The highest BCUT2D eigenvalue weighted by molar-refractivity contribution is 6.30. The molecule has 3 rings (SSSR count). The van der Waals surface area contributed by atoms with Gasteiger partial charge in [0.25, 0.3) is 0 Å². The summed E-state index contributed by atoms with van der Waals surface area (Å²) >= 11 is 6.02. The predicted octanol–water partition coefficient (Wildman–Crippen LogP) is 4.42. The van der Waals surface area contributed by atoms with E-state index in [4.69, 9.17) is 11.6 Å². The first-order valence-corrected chi connectivity index (χ1v) is 6.05. The fraction of sp³-hybridized carbons (Fsp3) is 0.200. The molecule has 0 aliphatic heterocycles. The third-order valence-electron chi connectivity index (χ3n) is 3.38. The lowest BCUT2D eigenvalue weighted by molar-refractivity contribution is 0.788. The summed E-state index contributed by atoms with van der Waals surface area (Å²) in [6, 6.07) is 17.0. The van der Waals surface area contributed by atoms with Crippen molar-refractivity contribution in [3.63, 3.8) is 0 Å². The Morgan fingerprint density at radius 3 is 2.62 bits per heavy atom. The molecule has 0 fully saturated rings. The van der Waals surface area contributed by atoms with Gasteiger partial charge in [0.1, 0.15) is 0 Å². The quantitative estimate of drug-likeness (QED) is 0.678. The van der Waals surface area contributed by atoms with Gasteiger partial charge in [-0.15, -0.1) is 0 Å². The molecule has 16 heavy (non-hydrogen) atoms. The Bertz CT molecular complexity index is 502. The zero-order chi connectivity index (χ0) is 11.0. The van der Waals surface area contributed by atoms with Gasteiger partial charge in [-0.1, -0.05) is 48.0 Å². The zero-order valence-corrected chi connectivity index (χ0v) is 9.74. The molecule has 0 aromatic heterocycles. The maximum absolute atomic E-state index is 6.02. The monoisotopic (exact) mass is 228 g/mol. The van der Waals surface area contributed by atoms with E-state index in [9.17, 15) is 0 Å². The largest absolute Gasteiger partial charge is 0.0843 e. The molecule has 0 spiro atoms. The maximum Gasteiger partial charge on any atom is 0.0408 e. The van der Waals surface area contributed by atoms with E-state index in [-0.39, 0.29) is 0 Å². The molecule has 0 N–H and O–H groups in total. The van der Waals surface area contributed by atoms with Crippen molar-refractivity contribution in [1.29, 1.82) is 0 Å². The molecule has 80 valence electrons. The highest BCUT2D eigenvalue weighted by Crippen LogP contribution is 2.38. The second kappa shape index (κ2) is 3.95. The van der Waals surface area contributed by atoms with Crippen molar-refractivity contribution < 1.29 is 0 Å². The molecule has 0 radical (unpaired) electrons. The summed E-state index contributed by atoms with van der Waals surface area (Å²) in [5.74, 6) is 0.563. The first-order chi connectivity index (χ1) is 7.84. The molecule has 0 unspecified atom stereocenters. The first kappa shape index (κ1) is 9.92. The Morgan fingerprint density at radius 1 is 1.00 bits per heavy atom. The van der Waals surface area contributed by atoms with Crippen LogP contribution in [-0.4, -0.2) is 0 Å². The topological polar surface area (TPSA) is 0 Å². The van der Waals surface area contributed by atoms with Crippen LogP contribution in [0.2, 0.25) is 5.02 Å². The Labute approximate surface area is 101 Å². The van der Waals surface area contributed by atoms with Crippen molar-refractivity contribution in [2.75, 3.05) is 0 Å². The van der Waals surface area contributed by atoms with Crippen molar-refractivity contribution in [1.82, 2.24) is 0 Å². The third kappa shape index (κ3) is 1.64. The van der Waals surface area contributed by atoms with E-state index in [1.807, 2.05) is 6.07 Å². The highest BCUT2D eigenvalue weighted by Gasteiger charge is 2.23. The molecule has 1 aliphatic carbocycles. The second-order valence-corrected chi connectivity index (χ2v) is 4.78. The zero-order valence-electron chi connectivity index (χ0n) is 8.99. The number of rotatable bonds is 1. The van der Waals surface area contributed by atoms with Crippen molar-refractivity contribution in [2.45, 2.75) is 18.8 Å². The molecule has 1 heteroatoms. The van der Waals surface area contributed by atoms with E-state index in [1.54, 1.807) is 0 Å². The van der Waals surface area contributed by atoms with E-state index >= 15 is 0 Å². The van der Waals surface area contributed by atoms with E-state index in [0.717, 1.165) is 11.4 Å².